The molecule has 0 aliphatic rings. The molecule has 0 atom stereocenters. The van der Waals surface area contributed by atoms with Gasteiger partial charge in [-0.15, -0.1) is 0 Å². The highest BCUT2D eigenvalue weighted by Gasteiger charge is 2.30. The maximum Gasteiger partial charge on any atom is 0.416 e. The van der Waals surface area contributed by atoms with E-state index in [0.29, 0.717) is 11.1 Å². The molecular weight excluding hydrogens is 399 g/mol. The van der Waals surface area contributed by atoms with Gasteiger partial charge in [-0.2, -0.15) is 13.2 Å². The highest BCUT2D eigenvalue weighted by Crippen LogP contribution is 2.31. The summed E-state index contributed by atoms with van der Waals surface area (Å²) >= 11 is 6.17. The smallest absolute Gasteiger partial charge is 0.416 e. The van der Waals surface area contributed by atoms with E-state index < -0.39 is 17.7 Å². The Balaban J connectivity index is 2.36. The minimum absolute atomic E-state index is 0.0769. The van der Waals surface area contributed by atoms with Gasteiger partial charge in [0.25, 0.3) is 0 Å². The Hall–Kier alpha value is -3.00. The Kier molecular flexibility index (Phi) is 7.06. The highest BCUT2D eigenvalue weighted by atomic mass is 35.5. The zero-order valence-corrected chi connectivity index (χ0v) is 15.5. The molecule has 0 spiro atoms. The summed E-state index contributed by atoms with van der Waals surface area (Å²) in [6, 6.07) is 10.6. The van der Waals surface area contributed by atoms with Crippen LogP contribution in [0.2, 0.25) is 0 Å². The van der Waals surface area contributed by atoms with Crippen LogP contribution >= 0.6 is 11.6 Å². The molecule has 0 unspecified atom stereocenters. The van der Waals surface area contributed by atoms with Gasteiger partial charge < -0.3 is 14.3 Å². The number of oxime groups is 1. The third-order valence-corrected chi connectivity index (χ3v) is 3.75. The van der Waals surface area contributed by atoms with Crippen molar-refractivity contribution in [2.45, 2.75) is 6.18 Å². The molecule has 0 radical (unpaired) electrons. The first-order valence-electron chi connectivity index (χ1n) is 7.76. The molecule has 0 aromatic heterocycles. The summed E-state index contributed by atoms with van der Waals surface area (Å²) in [5.41, 5.74) is -0.164. The van der Waals surface area contributed by atoms with Crippen molar-refractivity contribution >= 4 is 28.3 Å². The van der Waals surface area contributed by atoms with Crippen molar-refractivity contribution in [3.63, 3.8) is 0 Å². The SMILES string of the molecule is COC=C(C(=O)OC)c1ccccc1C(Cl)=NOc1cccc(C(F)(F)F)c1. The lowest BCUT2D eigenvalue weighted by atomic mass is 10.0. The summed E-state index contributed by atoms with van der Waals surface area (Å²) in [5, 5.41) is 3.49. The molecule has 0 saturated heterocycles. The van der Waals surface area contributed by atoms with Crippen LogP contribution in [0.25, 0.3) is 5.57 Å². The van der Waals surface area contributed by atoms with Gasteiger partial charge in [-0.25, -0.2) is 4.79 Å². The second kappa shape index (κ2) is 9.27. The first-order valence-corrected chi connectivity index (χ1v) is 8.14. The average Bonchev–Trinajstić information content (AvgIpc) is 2.69. The normalized spacial score (nSPS) is 12.5. The van der Waals surface area contributed by atoms with Crippen molar-refractivity contribution in [3.05, 3.63) is 71.5 Å². The zero-order valence-electron chi connectivity index (χ0n) is 14.8. The number of hydrogen-bond acceptors (Lipinski definition) is 5. The summed E-state index contributed by atoms with van der Waals surface area (Å²) in [5.74, 6) is -0.816. The van der Waals surface area contributed by atoms with Crippen LogP contribution in [0, 0.1) is 0 Å². The molecule has 0 fully saturated rings. The number of benzene rings is 2. The van der Waals surface area contributed by atoms with Crippen molar-refractivity contribution in [3.8, 4) is 5.75 Å². The van der Waals surface area contributed by atoms with Crippen LogP contribution in [0.3, 0.4) is 0 Å². The Bertz CT molecular complexity index is 910. The summed E-state index contributed by atoms with van der Waals surface area (Å²) < 4.78 is 48.0. The number of carbonyl (C=O) groups excluding carboxylic acids is 1. The molecule has 2 rings (SSSR count). The lowest BCUT2D eigenvalue weighted by molar-refractivity contribution is -0.137. The van der Waals surface area contributed by atoms with Crippen LogP contribution in [0.5, 0.6) is 5.75 Å². The Labute approximate surface area is 164 Å². The first kappa shape index (κ1) is 21.3. The molecule has 5 nitrogen and oxygen atoms in total. The molecule has 9 heteroatoms. The third kappa shape index (κ3) is 5.26. The van der Waals surface area contributed by atoms with Gasteiger partial charge in [-0.05, 0) is 18.2 Å². The second-order valence-electron chi connectivity index (χ2n) is 5.30. The molecule has 0 amide bonds. The highest BCUT2D eigenvalue weighted by molar-refractivity contribution is 6.69. The van der Waals surface area contributed by atoms with E-state index in [9.17, 15) is 18.0 Å². The topological polar surface area (TPSA) is 57.1 Å². The Morgan fingerprint density at radius 2 is 1.75 bits per heavy atom. The number of halogens is 4. The van der Waals surface area contributed by atoms with Crippen LogP contribution in [0.4, 0.5) is 13.2 Å². The number of rotatable bonds is 6. The molecule has 0 heterocycles. The number of esters is 1. The summed E-state index contributed by atoms with van der Waals surface area (Å²) in [6.07, 6.45) is -3.33. The first-order chi connectivity index (χ1) is 13.3. The molecule has 0 aliphatic heterocycles. The predicted molar refractivity (Wildman–Crippen MR) is 97.9 cm³/mol. The summed E-state index contributed by atoms with van der Waals surface area (Å²) in [7, 11) is 2.57. The fourth-order valence-corrected chi connectivity index (χ4v) is 2.42. The molecule has 0 bridgehead atoms. The van der Waals surface area contributed by atoms with Gasteiger partial charge in [-0.3, -0.25) is 0 Å². The lowest BCUT2D eigenvalue weighted by Crippen LogP contribution is -2.09. The van der Waals surface area contributed by atoms with Crippen LogP contribution in [-0.4, -0.2) is 25.4 Å². The lowest BCUT2D eigenvalue weighted by Gasteiger charge is -2.10. The predicted octanol–water partition coefficient (Wildman–Crippen LogP) is 4.85. The molecule has 28 heavy (non-hydrogen) atoms. The molecule has 2 aromatic carbocycles. The zero-order chi connectivity index (χ0) is 20.7. The van der Waals surface area contributed by atoms with Gasteiger partial charge in [0.05, 0.1) is 26.0 Å². The number of methoxy groups -OCH3 is 2. The molecule has 0 saturated carbocycles. The largest absolute Gasteiger partial charge is 0.503 e. The van der Waals surface area contributed by atoms with E-state index in [1.54, 1.807) is 24.3 Å². The van der Waals surface area contributed by atoms with Crippen molar-refractivity contribution in [1.82, 2.24) is 0 Å². The third-order valence-electron chi connectivity index (χ3n) is 3.47. The number of ether oxygens (including phenoxy) is 2. The fourth-order valence-electron chi connectivity index (χ4n) is 2.22. The quantitative estimate of drug-likeness (QED) is 0.223. The monoisotopic (exact) mass is 413 g/mol. The Morgan fingerprint density at radius 1 is 1.07 bits per heavy atom. The van der Waals surface area contributed by atoms with E-state index in [0.717, 1.165) is 12.1 Å². The maximum absolute atomic E-state index is 12.8. The van der Waals surface area contributed by atoms with Crippen LogP contribution in [0.15, 0.2) is 59.9 Å². The fraction of sp³-hybridized carbons (Fsp3) is 0.158. The van der Waals surface area contributed by atoms with Crippen LogP contribution in [-0.2, 0) is 20.4 Å². The number of alkyl halides is 3. The van der Waals surface area contributed by atoms with E-state index in [2.05, 4.69) is 5.16 Å². The van der Waals surface area contributed by atoms with Gasteiger partial charge >= 0.3 is 12.1 Å². The molecular formula is C19H15ClF3NO4. The number of hydrogen-bond donors (Lipinski definition) is 0. The summed E-state index contributed by atoms with van der Waals surface area (Å²) in [4.78, 5) is 17.0. The second-order valence-corrected chi connectivity index (χ2v) is 5.66. The van der Waals surface area contributed by atoms with Crippen LogP contribution in [0.1, 0.15) is 16.7 Å². The number of nitrogens with zero attached hydrogens (tertiary/aromatic N) is 1. The van der Waals surface area contributed by atoms with Crippen molar-refractivity contribution in [1.29, 1.82) is 0 Å². The van der Waals surface area contributed by atoms with Gasteiger partial charge in [0, 0.05) is 11.1 Å². The van der Waals surface area contributed by atoms with Gasteiger partial charge in [-0.1, -0.05) is 47.1 Å². The van der Waals surface area contributed by atoms with E-state index >= 15 is 0 Å². The Morgan fingerprint density at radius 3 is 2.36 bits per heavy atom. The van der Waals surface area contributed by atoms with Gasteiger partial charge in [0.15, 0.2) is 10.9 Å². The van der Waals surface area contributed by atoms with E-state index in [4.69, 9.17) is 25.9 Å². The van der Waals surface area contributed by atoms with Crippen molar-refractivity contribution in [2.75, 3.05) is 14.2 Å². The standard InChI is InChI=1S/C19H15ClF3NO4/c1-26-11-16(18(25)27-2)14-8-3-4-9-15(14)17(20)24-28-13-7-5-6-12(10-13)19(21,22)23/h3-11H,1-2H3. The molecule has 2 aromatic rings. The minimum atomic E-state index is -4.51. The summed E-state index contributed by atoms with van der Waals surface area (Å²) in [6.45, 7) is 0. The van der Waals surface area contributed by atoms with E-state index in [1.807, 2.05) is 0 Å². The van der Waals surface area contributed by atoms with Crippen molar-refractivity contribution in [2.24, 2.45) is 5.16 Å². The van der Waals surface area contributed by atoms with E-state index in [-0.39, 0.29) is 16.5 Å². The molecule has 0 N–H and O–H groups in total. The van der Waals surface area contributed by atoms with E-state index in [1.165, 1.54) is 32.6 Å². The van der Waals surface area contributed by atoms with Crippen LogP contribution < -0.4 is 4.84 Å². The van der Waals surface area contributed by atoms with Gasteiger partial charge in [0.2, 0.25) is 0 Å². The number of carbonyl (C=O) groups is 1. The van der Waals surface area contributed by atoms with Crippen molar-refractivity contribution < 1.29 is 32.3 Å². The average molecular weight is 414 g/mol. The molecule has 0 aliphatic carbocycles. The van der Waals surface area contributed by atoms with Gasteiger partial charge in [0.1, 0.15) is 5.57 Å². The minimum Gasteiger partial charge on any atom is -0.503 e. The maximum atomic E-state index is 12.8. The molecule has 148 valence electrons.